The Morgan fingerprint density at radius 3 is 1.26 bits per heavy atom. The Morgan fingerprint density at radius 2 is 1.00 bits per heavy atom. The van der Waals surface area contributed by atoms with Gasteiger partial charge in [0.05, 0.1) is 0 Å². The van der Waals surface area contributed by atoms with Crippen molar-refractivity contribution in [3.63, 3.8) is 0 Å². The molecule has 2 aliphatic rings. The minimum absolute atomic E-state index is 0.106. The zero-order chi connectivity index (χ0) is 28.6. The van der Waals surface area contributed by atoms with Crippen molar-refractivity contribution in [2.45, 2.75) is 100 Å². The molecule has 0 aliphatic heterocycles. The van der Waals surface area contributed by atoms with Gasteiger partial charge in [0.15, 0.2) is 0 Å². The molecule has 38 heavy (non-hydrogen) atoms. The van der Waals surface area contributed by atoms with Crippen molar-refractivity contribution in [1.29, 1.82) is 0 Å². The van der Waals surface area contributed by atoms with Gasteiger partial charge in [-0.15, -0.1) is 0 Å². The Kier molecular flexibility index (Phi) is 7.93. The third-order valence-electron chi connectivity index (χ3n) is 9.38. The van der Waals surface area contributed by atoms with E-state index < -0.39 is 21.5 Å². The molecule has 4 rings (SSSR count). The Labute approximate surface area is 242 Å². The minimum atomic E-state index is -4.66. The maximum absolute atomic E-state index is 8.49. The number of hydrogen-bond acceptors (Lipinski definition) is 0. The summed E-state index contributed by atoms with van der Waals surface area (Å²) in [6.45, 7) is 28.0. The second-order valence-electron chi connectivity index (χ2n) is 15.0. The molecule has 2 aromatic rings. The van der Waals surface area contributed by atoms with E-state index in [-0.39, 0.29) is 18.1 Å². The van der Waals surface area contributed by atoms with Gasteiger partial charge in [0.25, 0.3) is 0 Å². The van der Waals surface area contributed by atoms with Crippen molar-refractivity contribution >= 4 is 35.1 Å². The third-order valence-corrected chi connectivity index (χ3v) is 61.0. The van der Waals surface area contributed by atoms with Crippen molar-refractivity contribution in [3.8, 4) is 0 Å². The van der Waals surface area contributed by atoms with Crippen LogP contribution in [0, 0.1) is 11.8 Å². The van der Waals surface area contributed by atoms with Crippen LogP contribution in [-0.2, 0) is 26.4 Å². The molecule has 0 heterocycles. The summed E-state index contributed by atoms with van der Waals surface area (Å²) >= 11 is -4.66. The fourth-order valence-electron chi connectivity index (χ4n) is 6.81. The van der Waals surface area contributed by atoms with E-state index in [9.17, 15) is 0 Å². The first-order valence-corrected chi connectivity index (χ1v) is 30.9. The summed E-state index contributed by atoms with van der Waals surface area (Å²) in [5, 5.41) is 0. The fourth-order valence-corrected chi connectivity index (χ4v) is 38.4. The Bertz CT molecular complexity index is 1220. The van der Waals surface area contributed by atoms with Crippen LogP contribution in [0.15, 0.2) is 47.5 Å². The molecule has 207 valence electrons. The molecule has 0 bridgehead atoms. The first kappa shape index (κ1) is 30.6. The van der Waals surface area contributed by atoms with E-state index in [1.54, 1.807) is 0 Å². The van der Waals surface area contributed by atoms with Crippen molar-refractivity contribution in [3.05, 3.63) is 80.9 Å². The molecule has 0 fully saturated rings. The average molecular weight is 648 g/mol. The number of allylic oxidation sites excluding steroid dienone is 2. The summed E-state index contributed by atoms with van der Waals surface area (Å²) in [7, 11) is 17.0. The van der Waals surface area contributed by atoms with E-state index in [1.165, 1.54) is 44.5 Å². The van der Waals surface area contributed by atoms with E-state index in [0.29, 0.717) is 11.8 Å². The number of rotatable bonds is 5. The molecule has 2 aliphatic carbocycles. The summed E-state index contributed by atoms with van der Waals surface area (Å²) in [4.78, 5) is 0. The molecule has 0 saturated carbocycles. The second kappa shape index (κ2) is 9.86. The number of benzene rings is 2. The zero-order valence-corrected chi connectivity index (χ0v) is 30.9. The summed E-state index contributed by atoms with van der Waals surface area (Å²) < 4.78 is 0.326. The molecule has 2 atom stereocenters. The van der Waals surface area contributed by atoms with Gasteiger partial charge in [0.2, 0.25) is 0 Å². The topological polar surface area (TPSA) is 0 Å². The Balaban J connectivity index is 2.01. The van der Waals surface area contributed by atoms with E-state index in [1.807, 2.05) is 0 Å². The quantitative estimate of drug-likeness (QED) is 0.283. The van der Waals surface area contributed by atoms with Gasteiger partial charge in [-0.2, -0.15) is 0 Å². The normalized spacial score (nSPS) is 20.9. The summed E-state index contributed by atoms with van der Waals surface area (Å²) in [5.74, 6) is -0.727. The molecule has 0 saturated heterocycles. The third kappa shape index (κ3) is 4.86. The van der Waals surface area contributed by atoms with Gasteiger partial charge in [0, 0.05) is 0 Å². The molecule has 2 unspecified atom stereocenters. The molecular formula is C34H49Cl2SiZr. The van der Waals surface area contributed by atoms with Crippen molar-refractivity contribution in [2.75, 3.05) is 0 Å². The van der Waals surface area contributed by atoms with Crippen LogP contribution in [0.25, 0.3) is 12.2 Å². The van der Waals surface area contributed by atoms with Gasteiger partial charge >= 0.3 is 244 Å². The molecule has 0 aromatic heterocycles. The number of fused-ring (bicyclic) bond motifs is 2. The van der Waals surface area contributed by atoms with E-state index in [4.69, 9.17) is 17.0 Å². The Hall–Kier alpha value is -0.400. The maximum atomic E-state index is 8.49. The van der Waals surface area contributed by atoms with Gasteiger partial charge < -0.3 is 0 Å². The van der Waals surface area contributed by atoms with Gasteiger partial charge in [-0.25, -0.2) is 0 Å². The van der Waals surface area contributed by atoms with Crippen LogP contribution < -0.4 is 0 Å². The summed E-state index contributed by atoms with van der Waals surface area (Å²) in [6.07, 6.45) is 4.93. The van der Waals surface area contributed by atoms with Crippen molar-refractivity contribution in [1.82, 2.24) is 0 Å². The van der Waals surface area contributed by atoms with E-state index in [0.717, 1.165) is 0 Å². The van der Waals surface area contributed by atoms with Crippen LogP contribution >= 0.6 is 17.0 Å². The monoisotopic (exact) mass is 645 g/mol. The molecule has 2 aromatic carbocycles. The van der Waals surface area contributed by atoms with Crippen LogP contribution in [0.5, 0.6) is 0 Å². The molecule has 0 radical (unpaired) electrons. The molecule has 4 heteroatoms. The Morgan fingerprint density at radius 1 is 0.658 bits per heavy atom. The number of halogens is 2. The molecule has 0 N–H and O–H groups in total. The summed E-state index contributed by atoms with van der Waals surface area (Å²) in [5.41, 5.74) is 11.4. The van der Waals surface area contributed by atoms with E-state index >= 15 is 0 Å². The predicted molar refractivity (Wildman–Crippen MR) is 172 cm³/mol. The number of hydrogen-bond donors (Lipinski definition) is 0. The molecular weight excluding hydrogens is 599 g/mol. The second-order valence-corrected chi connectivity index (χ2v) is 57.5. The standard InChI is InChI=1S/2C16H21.C2H7Si.2ClH.Zr/c2*1-11(2)13-8-12-6-7-15(16(3,4)5)10-14(12)9-13;1-3-2;;;/h2*6-11H,1-5H3;3H,1-2H3;2*1H;/q;;;;;+2/p-2. The summed E-state index contributed by atoms with van der Waals surface area (Å²) in [6, 6.07) is 14.3. The first-order valence-electron chi connectivity index (χ1n) is 14.6. The van der Waals surface area contributed by atoms with Crippen LogP contribution in [0.1, 0.15) is 110 Å². The molecule has 0 amide bonds. The molecule has 0 nitrogen and oxygen atoms in total. The zero-order valence-electron chi connectivity index (χ0n) is 25.8. The van der Waals surface area contributed by atoms with Crippen LogP contribution in [0.2, 0.25) is 13.1 Å². The first-order chi connectivity index (χ1) is 17.3. The van der Waals surface area contributed by atoms with Gasteiger partial charge in [-0.1, -0.05) is 0 Å². The van der Waals surface area contributed by atoms with Crippen molar-refractivity contribution < 1.29 is 15.6 Å². The van der Waals surface area contributed by atoms with E-state index in [2.05, 4.69) is 131 Å². The van der Waals surface area contributed by atoms with Gasteiger partial charge in [-0.3, -0.25) is 0 Å². The fraction of sp³-hybridized carbons (Fsp3) is 0.529. The van der Waals surface area contributed by atoms with Crippen molar-refractivity contribution in [2.24, 2.45) is 11.8 Å². The van der Waals surface area contributed by atoms with Crippen LogP contribution in [0.4, 0.5) is 0 Å². The average Bonchev–Trinajstić information content (AvgIpc) is 3.37. The van der Waals surface area contributed by atoms with Gasteiger partial charge in [-0.05, 0) is 0 Å². The predicted octanol–water partition coefficient (Wildman–Crippen LogP) is 11.2. The molecule has 0 spiro atoms. The van der Waals surface area contributed by atoms with Crippen LogP contribution in [0.3, 0.4) is 0 Å². The van der Waals surface area contributed by atoms with Crippen LogP contribution in [-0.4, -0.2) is 5.92 Å². The van der Waals surface area contributed by atoms with Gasteiger partial charge in [0.1, 0.15) is 0 Å². The SMILES string of the molecule is CC(C)C1=Cc2cc(C(C)(C)C)ccc2[CH]1[Zr]([Cl])([Cl])([CH]1C(C(C)C)=Cc2cc(C(C)(C)C)ccc21)[SiH](C)C.